The molecule has 0 saturated heterocycles. The Bertz CT molecular complexity index is 665. The molecule has 5 heteroatoms. The first kappa shape index (κ1) is 15.0. The van der Waals surface area contributed by atoms with Crippen molar-refractivity contribution in [3.8, 4) is 0 Å². The van der Waals surface area contributed by atoms with Crippen molar-refractivity contribution < 1.29 is 9.90 Å². The van der Waals surface area contributed by atoms with Crippen LogP contribution in [0.3, 0.4) is 0 Å². The lowest BCUT2D eigenvalue weighted by Crippen LogP contribution is -2.27. The van der Waals surface area contributed by atoms with Gasteiger partial charge >= 0.3 is 0 Å². The van der Waals surface area contributed by atoms with Gasteiger partial charge in [-0.2, -0.15) is 0 Å². The lowest BCUT2D eigenvalue weighted by Gasteiger charge is -2.12. The number of aryl methyl sites for hydroxylation is 1. The molecule has 1 atom stereocenters. The molecule has 1 amide bonds. The summed E-state index contributed by atoms with van der Waals surface area (Å²) in [5.74, 6) is -0.260. The quantitative estimate of drug-likeness (QED) is 0.779. The summed E-state index contributed by atoms with van der Waals surface area (Å²) in [7, 11) is 0. The van der Waals surface area contributed by atoms with E-state index in [0.717, 1.165) is 5.56 Å². The van der Waals surface area contributed by atoms with Gasteiger partial charge in [-0.1, -0.05) is 30.3 Å². The molecule has 1 unspecified atom stereocenters. The van der Waals surface area contributed by atoms with E-state index in [-0.39, 0.29) is 11.5 Å². The van der Waals surface area contributed by atoms with Gasteiger partial charge in [-0.25, -0.2) is 0 Å². The molecule has 2 aromatic rings. The van der Waals surface area contributed by atoms with Crippen LogP contribution in [0, 0.1) is 6.92 Å². The highest BCUT2D eigenvalue weighted by atomic mass is 16.3. The molecular formula is C16H18N2O3. The fourth-order valence-corrected chi connectivity index (χ4v) is 2.08. The van der Waals surface area contributed by atoms with E-state index < -0.39 is 6.10 Å². The molecule has 0 aliphatic carbocycles. The Morgan fingerprint density at radius 3 is 2.71 bits per heavy atom. The Labute approximate surface area is 122 Å². The number of carbonyl (C=O) groups excluding carboxylic acids is 1. The van der Waals surface area contributed by atoms with E-state index in [1.807, 2.05) is 30.3 Å². The summed E-state index contributed by atoms with van der Waals surface area (Å²) < 4.78 is 0. The zero-order valence-electron chi connectivity index (χ0n) is 11.8. The van der Waals surface area contributed by atoms with Gasteiger partial charge in [0.15, 0.2) is 0 Å². The van der Waals surface area contributed by atoms with Gasteiger partial charge in [-0.3, -0.25) is 9.59 Å². The summed E-state index contributed by atoms with van der Waals surface area (Å²) >= 11 is 0. The number of aromatic nitrogens is 1. The standard InChI is InChI=1S/C16H18N2O3/c1-11-9-15(20)18-10-13(11)16(21)17-8-7-14(19)12-5-3-2-4-6-12/h2-6,9-10,14,19H,7-8H2,1H3,(H,17,21)(H,18,20). The van der Waals surface area contributed by atoms with E-state index >= 15 is 0 Å². The highest BCUT2D eigenvalue weighted by Crippen LogP contribution is 2.15. The zero-order chi connectivity index (χ0) is 15.2. The van der Waals surface area contributed by atoms with Crippen molar-refractivity contribution in [2.75, 3.05) is 6.54 Å². The van der Waals surface area contributed by atoms with Crippen LogP contribution in [0.4, 0.5) is 0 Å². The van der Waals surface area contributed by atoms with Crippen LogP contribution >= 0.6 is 0 Å². The molecule has 0 aliphatic rings. The maximum absolute atomic E-state index is 12.0. The monoisotopic (exact) mass is 286 g/mol. The van der Waals surface area contributed by atoms with Crippen LogP contribution in [-0.4, -0.2) is 22.5 Å². The van der Waals surface area contributed by atoms with Crippen molar-refractivity contribution in [1.29, 1.82) is 0 Å². The smallest absolute Gasteiger partial charge is 0.253 e. The van der Waals surface area contributed by atoms with E-state index in [9.17, 15) is 14.7 Å². The Kier molecular flexibility index (Phi) is 4.90. The number of pyridine rings is 1. The van der Waals surface area contributed by atoms with Crippen molar-refractivity contribution >= 4 is 5.91 Å². The molecule has 0 fully saturated rings. The number of carbonyl (C=O) groups is 1. The van der Waals surface area contributed by atoms with Crippen LogP contribution in [0.5, 0.6) is 0 Å². The van der Waals surface area contributed by atoms with Crippen molar-refractivity contribution in [3.63, 3.8) is 0 Å². The van der Waals surface area contributed by atoms with Crippen LogP contribution in [0.15, 0.2) is 47.4 Å². The second-order valence-electron chi connectivity index (χ2n) is 4.87. The topological polar surface area (TPSA) is 82.2 Å². The van der Waals surface area contributed by atoms with Crippen molar-refractivity contribution in [1.82, 2.24) is 10.3 Å². The molecule has 0 aliphatic heterocycles. The number of aliphatic hydroxyl groups excluding tert-OH is 1. The SMILES string of the molecule is Cc1cc(=O)[nH]cc1C(=O)NCCC(O)c1ccccc1. The molecule has 1 aromatic heterocycles. The third-order valence-corrected chi connectivity index (χ3v) is 3.26. The number of rotatable bonds is 5. The lowest BCUT2D eigenvalue weighted by molar-refractivity contribution is 0.0941. The minimum absolute atomic E-state index is 0.233. The number of nitrogens with one attached hydrogen (secondary N) is 2. The van der Waals surface area contributed by atoms with E-state index in [0.29, 0.717) is 24.1 Å². The van der Waals surface area contributed by atoms with Gasteiger partial charge in [0.25, 0.3) is 5.91 Å². The van der Waals surface area contributed by atoms with Crippen LogP contribution in [0.25, 0.3) is 0 Å². The van der Waals surface area contributed by atoms with Gasteiger partial charge in [0.1, 0.15) is 0 Å². The zero-order valence-corrected chi connectivity index (χ0v) is 11.8. The van der Waals surface area contributed by atoms with Crippen molar-refractivity contribution in [2.24, 2.45) is 0 Å². The molecule has 110 valence electrons. The fraction of sp³-hybridized carbons (Fsp3) is 0.250. The molecule has 0 bridgehead atoms. The summed E-state index contributed by atoms with van der Waals surface area (Å²) in [6, 6.07) is 10.7. The van der Waals surface area contributed by atoms with Gasteiger partial charge in [-0.05, 0) is 24.5 Å². The molecule has 0 saturated carbocycles. The minimum atomic E-state index is -0.608. The molecule has 5 nitrogen and oxygen atoms in total. The average Bonchev–Trinajstić information content (AvgIpc) is 2.47. The largest absolute Gasteiger partial charge is 0.388 e. The number of aliphatic hydroxyl groups is 1. The van der Waals surface area contributed by atoms with E-state index in [1.54, 1.807) is 6.92 Å². The maximum Gasteiger partial charge on any atom is 0.253 e. The van der Waals surface area contributed by atoms with Crippen LogP contribution in [0.2, 0.25) is 0 Å². The number of hydrogen-bond acceptors (Lipinski definition) is 3. The molecule has 1 aromatic carbocycles. The van der Waals surface area contributed by atoms with E-state index in [4.69, 9.17) is 0 Å². The van der Waals surface area contributed by atoms with Crippen LogP contribution < -0.4 is 10.9 Å². The van der Waals surface area contributed by atoms with Gasteiger partial charge < -0.3 is 15.4 Å². The third-order valence-electron chi connectivity index (χ3n) is 3.26. The molecule has 21 heavy (non-hydrogen) atoms. The van der Waals surface area contributed by atoms with Crippen LogP contribution in [-0.2, 0) is 0 Å². The van der Waals surface area contributed by atoms with Crippen molar-refractivity contribution in [3.05, 3.63) is 69.6 Å². The van der Waals surface area contributed by atoms with Gasteiger partial charge in [0.05, 0.1) is 11.7 Å². The van der Waals surface area contributed by atoms with Gasteiger partial charge in [-0.15, -0.1) is 0 Å². The molecule has 0 spiro atoms. The first-order chi connectivity index (χ1) is 10.1. The summed E-state index contributed by atoms with van der Waals surface area (Å²) in [5.41, 5.74) is 1.65. The Morgan fingerprint density at radius 1 is 1.33 bits per heavy atom. The predicted molar refractivity (Wildman–Crippen MR) is 80.2 cm³/mol. The summed E-state index contributed by atoms with van der Waals surface area (Å²) in [6.45, 7) is 2.07. The molecule has 1 heterocycles. The number of hydrogen-bond donors (Lipinski definition) is 3. The highest BCUT2D eigenvalue weighted by Gasteiger charge is 2.11. The Hall–Kier alpha value is -2.40. The minimum Gasteiger partial charge on any atom is -0.388 e. The fourth-order valence-electron chi connectivity index (χ4n) is 2.08. The van der Waals surface area contributed by atoms with Gasteiger partial charge in [0, 0.05) is 18.8 Å². The number of amides is 1. The molecular weight excluding hydrogens is 268 g/mol. The molecule has 2 rings (SSSR count). The Balaban J connectivity index is 1.88. The normalized spacial score (nSPS) is 11.9. The molecule has 3 N–H and O–H groups in total. The highest BCUT2D eigenvalue weighted by molar-refractivity contribution is 5.95. The summed E-state index contributed by atoms with van der Waals surface area (Å²) in [4.78, 5) is 25.6. The summed E-state index contributed by atoms with van der Waals surface area (Å²) in [6.07, 6.45) is 1.22. The lowest BCUT2D eigenvalue weighted by atomic mass is 10.1. The predicted octanol–water partition coefficient (Wildman–Crippen LogP) is 1.54. The number of H-pyrrole nitrogens is 1. The summed E-state index contributed by atoms with van der Waals surface area (Å²) in [5, 5.41) is 12.7. The van der Waals surface area contributed by atoms with Gasteiger partial charge in [0.2, 0.25) is 5.56 Å². The van der Waals surface area contributed by atoms with E-state index in [2.05, 4.69) is 10.3 Å². The number of aromatic amines is 1. The first-order valence-corrected chi connectivity index (χ1v) is 6.78. The van der Waals surface area contributed by atoms with E-state index in [1.165, 1.54) is 12.3 Å². The third kappa shape index (κ3) is 4.03. The second-order valence-corrected chi connectivity index (χ2v) is 4.87. The Morgan fingerprint density at radius 2 is 2.05 bits per heavy atom. The average molecular weight is 286 g/mol. The van der Waals surface area contributed by atoms with Crippen LogP contribution in [0.1, 0.15) is 34.0 Å². The molecule has 0 radical (unpaired) electrons. The second kappa shape index (κ2) is 6.85. The maximum atomic E-state index is 12.0. The van der Waals surface area contributed by atoms with Crippen molar-refractivity contribution in [2.45, 2.75) is 19.4 Å². The number of benzene rings is 1. The first-order valence-electron chi connectivity index (χ1n) is 6.78.